The Kier molecular flexibility index (Phi) is 14.0. The van der Waals surface area contributed by atoms with Crippen LogP contribution in [0.4, 0.5) is 0 Å². The summed E-state index contributed by atoms with van der Waals surface area (Å²) in [6.45, 7) is 16.6. The first-order valence-electron chi connectivity index (χ1n) is 11.8. The highest BCUT2D eigenvalue weighted by atomic mass is 15.3. The van der Waals surface area contributed by atoms with Gasteiger partial charge in [-0.25, -0.2) is 0 Å². The maximum atomic E-state index is 2.89. The average molecular weight is 360 g/mol. The molecule has 149 valence electrons. The second-order valence-electron chi connectivity index (χ2n) is 8.14. The van der Waals surface area contributed by atoms with Crippen molar-refractivity contribution in [2.45, 2.75) is 111 Å². The predicted octanol–water partition coefficient (Wildman–Crippen LogP) is 5.42. The Morgan fingerprint density at radius 1 is 0.538 bits per heavy atom. The van der Waals surface area contributed by atoms with Crippen LogP contribution in [0.2, 0.25) is 12.6 Å². The fourth-order valence-corrected chi connectivity index (χ4v) is 4.09. The molecule has 26 heavy (non-hydrogen) atoms. The van der Waals surface area contributed by atoms with Crippen LogP contribution in [0.3, 0.4) is 0 Å². The molecule has 1 aliphatic heterocycles. The Labute approximate surface area is 167 Å². The molecule has 0 spiro atoms. The Morgan fingerprint density at radius 2 is 0.923 bits per heavy atom. The van der Waals surface area contributed by atoms with Crippen molar-refractivity contribution in [1.29, 1.82) is 0 Å². The molecule has 3 nitrogen and oxygen atoms in total. The minimum atomic E-state index is 0.618. The topological polar surface area (TPSA) is 9.72 Å². The first-order chi connectivity index (χ1) is 12.7. The van der Waals surface area contributed by atoms with Crippen molar-refractivity contribution >= 4 is 21.5 Å². The van der Waals surface area contributed by atoms with E-state index in [0.29, 0.717) is 14.0 Å². The van der Waals surface area contributed by atoms with Gasteiger partial charge in [-0.3, -0.25) is 0 Å². The molecule has 1 radical (unpaired) electrons. The van der Waals surface area contributed by atoms with Gasteiger partial charge in [-0.2, -0.15) is 0 Å². The van der Waals surface area contributed by atoms with E-state index in [1.54, 1.807) is 0 Å². The third-order valence-corrected chi connectivity index (χ3v) is 5.77. The Balaban J connectivity index is 3.00. The van der Waals surface area contributed by atoms with Gasteiger partial charge in [0.25, 0.3) is 21.5 Å². The van der Waals surface area contributed by atoms with Crippen LogP contribution in [0, 0.1) is 0 Å². The van der Waals surface area contributed by atoms with Crippen LogP contribution in [0.5, 0.6) is 0 Å². The molecule has 0 N–H and O–H groups in total. The van der Waals surface area contributed by atoms with Gasteiger partial charge in [0.15, 0.2) is 0 Å². The number of hydrogen-bond acceptors (Lipinski definition) is 3. The zero-order valence-electron chi connectivity index (χ0n) is 18.7. The number of unbranched alkanes of at least 4 members (excludes halogenated alkanes) is 5. The quantitative estimate of drug-likeness (QED) is 0.361. The molecule has 0 aliphatic carbocycles. The summed E-state index contributed by atoms with van der Waals surface area (Å²) in [6.07, 6.45) is 15.8. The number of rotatable bonds is 15. The first kappa shape index (κ1) is 24.1. The van der Waals surface area contributed by atoms with Crippen molar-refractivity contribution in [3.05, 3.63) is 0 Å². The summed E-state index contributed by atoms with van der Waals surface area (Å²) in [5.74, 6) is 0. The summed E-state index contributed by atoms with van der Waals surface area (Å²) < 4.78 is 8.29. The summed E-state index contributed by atoms with van der Waals surface area (Å²) in [6, 6.07) is 0. The molecule has 0 atom stereocenters. The summed E-state index contributed by atoms with van der Waals surface area (Å²) in [4.78, 5) is 0. The highest BCUT2D eigenvalue weighted by Crippen LogP contribution is 2.24. The molecule has 0 amide bonds. The van der Waals surface area contributed by atoms with E-state index in [4.69, 9.17) is 0 Å². The molecular formula is C20H45B3N3. The fourth-order valence-electron chi connectivity index (χ4n) is 4.09. The number of nitrogens with zero attached hydrogens (tertiary/aromatic N) is 3. The maximum Gasteiger partial charge on any atom is 0.290 e. The summed E-state index contributed by atoms with van der Waals surface area (Å²) >= 11 is 0. The Bertz CT molecular complexity index is 307. The van der Waals surface area contributed by atoms with E-state index in [0.717, 1.165) is 0 Å². The van der Waals surface area contributed by atoms with Crippen LogP contribution >= 0.6 is 0 Å². The molecular weight excluding hydrogens is 315 g/mol. The van der Waals surface area contributed by atoms with E-state index in [9.17, 15) is 0 Å². The van der Waals surface area contributed by atoms with Gasteiger partial charge in [-0.1, -0.05) is 79.6 Å². The van der Waals surface area contributed by atoms with Gasteiger partial charge < -0.3 is 14.2 Å². The SMILES string of the molecule is CCCCB1N(CCCC)[B]N(CCCC)B(CCCC)N1CCCC. The van der Waals surface area contributed by atoms with Crippen LogP contribution in [0.15, 0.2) is 0 Å². The normalized spacial score (nSPS) is 17.1. The van der Waals surface area contributed by atoms with Crippen molar-refractivity contribution in [3.8, 4) is 0 Å². The second kappa shape index (κ2) is 15.1. The lowest BCUT2D eigenvalue weighted by Gasteiger charge is -2.51. The van der Waals surface area contributed by atoms with Crippen LogP contribution in [0.1, 0.15) is 98.8 Å². The smallest absolute Gasteiger partial charge is 0.290 e. The minimum absolute atomic E-state index is 0.618. The van der Waals surface area contributed by atoms with E-state index in [1.165, 1.54) is 96.5 Å². The van der Waals surface area contributed by atoms with Gasteiger partial charge >= 0.3 is 0 Å². The minimum Gasteiger partial charge on any atom is -0.361 e. The molecule has 0 aromatic carbocycles. The summed E-state index contributed by atoms with van der Waals surface area (Å²) in [5.41, 5.74) is 0. The predicted molar refractivity (Wildman–Crippen MR) is 122 cm³/mol. The molecule has 1 heterocycles. The second-order valence-corrected chi connectivity index (χ2v) is 8.14. The Hall–Kier alpha value is 0.0748. The molecule has 0 saturated carbocycles. The molecule has 1 aliphatic rings. The molecule has 0 aromatic rings. The van der Waals surface area contributed by atoms with Gasteiger partial charge in [-0.15, -0.1) is 0 Å². The van der Waals surface area contributed by atoms with E-state index in [-0.39, 0.29) is 0 Å². The van der Waals surface area contributed by atoms with Crippen molar-refractivity contribution in [2.24, 2.45) is 0 Å². The highest BCUT2D eigenvalue weighted by Gasteiger charge is 2.44. The summed E-state index contributed by atoms with van der Waals surface area (Å²) in [5, 5.41) is 0. The van der Waals surface area contributed by atoms with Crippen molar-refractivity contribution in [1.82, 2.24) is 14.2 Å². The molecule has 0 bridgehead atoms. The lowest BCUT2D eigenvalue weighted by Crippen LogP contribution is -2.73. The molecule has 1 rings (SSSR count). The lowest BCUT2D eigenvalue weighted by atomic mass is 9.46. The van der Waals surface area contributed by atoms with Gasteiger partial charge in [0.2, 0.25) is 0 Å². The van der Waals surface area contributed by atoms with Crippen molar-refractivity contribution in [3.63, 3.8) is 0 Å². The van der Waals surface area contributed by atoms with E-state index < -0.39 is 0 Å². The monoisotopic (exact) mass is 360 g/mol. The lowest BCUT2D eigenvalue weighted by molar-refractivity contribution is 0.418. The van der Waals surface area contributed by atoms with Crippen molar-refractivity contribution in [2.75, 3.05) is 19.6 Å². The zero-order valence-corrected chi connectivity index (χ0v) is 18.7. The number of hydrogen-bond donors (Lipinski definition) is 0. The largest absolute Gasteiger partial charge is 0.361 e. The average Bonchev–Trinajstić information content (AvgIpc) is 2.66. The van der Waals surface area contributed by atoms with Gasteiger partial charge in [0.1, 0.15) is 0 Å². The van der Waals surface area contributed by atoms with E-state index >= 15 is 0 Å². The van der Waals surface area contributed by atoms with E-state index in [1.807, 2.05) is 0 Å². The van der Waals surface area contributed by atoms with Crippen LogP contribution in [-0.2, 0) is 0 Å². The van der Waals surface area contributed by atoms with Gasteiger partial charge in [0, 0.05) is 0 Å². The highest BCUT2D eigenvalue weighted by molar-refractivity contribution is 6.80. The fraction of sp³-hybridized carbons (Fsp3) is 1.00. The molecule has 0 unspecified atom stereocenters. The van der Waals surface area contributed by atoms with Gasteiger partial charge in [0.05, 0.1) is 0 Å². The van der Waals surface area contributed by atoms with Crippen molar-refractivity contribution < 1.29 is 0 Å². The van der Waals surface area contributed by atoms with Gasteiger partial charge in [-0.05, 0) is 51.5 Å². The molecule has 1 saturated heterocycles. The maximum absolute atomic E-state index is 2.89. The van der Waals surface area contributed by atoms with Crippen LogP contribution in [0.25, 0.3) is 0 Å². The molecule has 0 aromatic heterocycles. The standard InChI is InChI=1S/C20H45B3N3/c1-6-11-16-22-24(18-13-8-3)21-25(19-14-9-4)23(17-12-7-2)26(22)20-15-10-5/h6-20H2,1-5H3. The third-order valence-electron chi connectivity index (χ3n) is 5.77. The first-order valence-corrected chi connectivity index (χ1v) is 11.8. The van der Waals surface area contributed by atoms with Crippen LogP contribution < -0.4 is 0 Å². The molecule has 1 fully saturated rings. The zero-order chi connectivity index (χ0) is 19.2. The summed E-state index contributed by atoms with van der Waals surface area (Å²) in [7, 11) is 2.54. The Morgan fingerprint density at radius 3 is 1.31 bits per heavy atom. The van der Waals surface area contributed by atoms with Crippen LogP contribution in [-0.4, -0.2) is 55.3 Å². The third kappa shape index (κ3) is 7.98. The molecule has 6 heteroatoms. The van der Waals surface area contributed by atoms with E-state index in [2.05, 4.69) is 56.3 Å².